The number of likely N-dealkylation sites (N-methyl/N-ethyl adjacent to an activating group) is 1. The van der Waals surface area contributed by atoms with Gasteiger partial charge >= 0.3 is 5.97 Å². The van der Waals surface area contributed by atoms with Crippen molar-refractivity contribution in [1.82, 2.24) is 57.4 Å². The van der Waals surface area contributed by atoms with Gasteiger partial charge in [-0.05, 0) is 75.3 Å². The summed E-state index contributed by atoms with van der Waals surface area (Å²) < 4.78 is 0. The number of nitrogens with one attached hydrogen (secondary N) is 9. The normalized spacial score (nSPS) is 19.8. The number of carboxylic acid groups (broad SMARTS) is 1. The number of aliphatic carboxylic acids is 1. The van der Waals surface area contributed by atoms with E-state index in [9.17, 15) is 53.4 Å². The lowest BCUT2D eigenvalue weighted by molar-refractivity contribution is -0.145. The first-order valence-corrected chi connectivity index (χ1v) is 24.1. The molecule has 3 aromatic rings. The van der Waals surface area contributed by atoms with Crippen LogP contribution in [0, 0.1) is 0 Å². The fourth-order valence-electron chi connectivity index (χ4n) is 8.42. The molecule has 2 fully saturated rings. The minimum Gasteiger partial charge on any atom is -0.508 e. The van der Waals surface area contributed by atoms with Gasteiger partial charge in [-0.1, -0.05) is 42.5 Å². The van der Waals surface area contributed by atoms with Gasteiger partial charge in [0.2, 0.25) is 47.3 Å². The number of hydrogen-bond donors (Lipinski definition) is 13. The molecule has 25 nitrogen and oxygen atoms in total. The molecule has 5 rings (SSSR count). The number of aliphatic imine (C=N–C) groups is 1. The SMILES string of the molecule is CNCC(=O)N[C@@H](CCCN=C(N)N)C(=O)N[C@H]1CC(=O)NCCCC[C@@H](C(=O)N[C@@H](Cc2cnc[nH]2)C(=O)N2CCC[C@H]2C(=O)N[C@@H](Cc2ccccc2)C(=O)O)NC(=O)[C@H](Cc2ccc(O)cc2)NC1=O. The van der Waals surface area contributed by atoms with Gasteiger partial charge in [0.1, 0.15) is 48.0 Å². The zero-order valence-electron chi connectivity index (χ0n) is 40.6. The van der Waals surface area contributed by atoms with Crippen LogP contribution in [0.2, 0.25) is 0 Å². The van der Waals surface area contributed by atoms with Crippen LogP contribution in [0.15, 0.2) is 72.1 Å². The molecule has 0 unspecified atom stereocenters. The van der Waals surface area contributed by atoms with Crippen LogP contribution < -0.4 is 54.0 Å². The van der Waals surface area contributed by atoms with E-state index < -0.39 is 102 Å². The molecule has 0 radical (unpaired) electrons. The molecule has 8 amide bonds. The number of imidazole rings is 1. The molecule has 3 heterocycles. The van der Waals surface area contributed by atoms with Gasteiger partial charge in [0, 0.05) is 50.8 Å². The molecular formula is C48H66N14O11. The van der Waals surface area contributed by atoms with Crippen molar-refractivity contribution >= 4 is 59.2 Å². The van der Waals surface area contributed by atoms with E-state index in [1.54, 1.807) is 30.3 Å². The number of rotatable bonds is 21. The minimum atomic E-state index is -1.57. The molecule has 2 saturated heterocycles. The first kappa shape index (κ1) is 55.8. The van der Waals surface area contributed by atoms with Crippen molar-refractivity contribution in [3.05, 3.63) is 83.9 Å². The van der Waals surface area contributed by atoms with E-state index in [2.05, 4.69) is 57.5 Å². The number of guanidine groups is 1. The van der Waals surface area contributed by atoms with Crippen molar-refractivity contribution in [1.29, 1.82) is 0 Å². The van der Waals surface area contributed by atoms with E-state index in [4.69, 9.17) is 11.5 Å². The van der Waals surface area contributed by atoms with E-state index in [0.29, 0.717) is 29.7 Å². The standard InChI is InChI=1S/C48H66N14O11/c1-51-26-40(65)56-32(12-7-19-54-48(49)50)41(66)59-35-24-39(64)53-18-6-5-11-33(57-43(68)34(58-44(35)69)21-29-14-16-31(63)17-15-29)42(67)60-36(23-30-25-52-27-55-30)46(71)62-20-8-13-38(62)45(70)61-37(47(72)73)22-28-9-3-2-4-10-28/h2-4,9-10,14-17,25,27,32-38,51,63H,5-8,11-13,18-24,26H2,1H3,(H,52,55)(H,53,64)(H,56,65)(H,57,68)(H,58,69)(H,59,66)(H,60,67)(H,61,70)(H,72,73)(H4,49,50,54)/t32-,33-,34-,35-,36-,37-,38-/m0/s1. The topological polar surface area (TPSA) is 387 Å². The summed E-state index contributed by atoms with van der Waals surface area (Å²) in [7, 11) is 1.54. The molecule has 2 aromatic carbocycles. The molecule has 73 heavy (non-hydrogen) atoms. The number of H-pyrrole nitrogens is 1. The number of carboxylic acids is 1. The van der Waals surface area contributed by atoms with Crippen LogP contribution in [-0.4, -0.2) is 160 Å². The van der Waals surface area contributed by atoms with Crippen LogP contribution >= 0.6 is 0 Å². The maximum Gasteiger partial charge on any atom is 0.326 e. The number of hydrogen-bond acceptors (Lipinski definition) is 13. The first-order valence-electron chi connectivity index (χ1n) is 24.1. The minimum absolute atomic E-state index is 0.000409. The second-order valence-corrected chi connectivity index (χ2v) is 17.8. The molecule has 15 N–H and O–H groups in total. The van der Waals surface area contributed by atoms with Crippen molar-refractivity contribution in [3.8, 4) is 5.75 Å². The Kier molecular flexibility index (Phi) is 21.5. The van der Waals surface area contributed by atoms with Crippen LogP contribution in [0.25, 0.3) is 0 Å². The Hall–Kier alpha value is -8.09. The number of aromatic nitrogens is 2. The number of nitrogens with zero attached hydrogens (tertiary/aromatic N) is 3. The van der Waals surface area contributed by atoms with Gasteiger partial charge in [0.15, 0.2) is 5.96 Å². The Morgan fingerprint density at radius 2 is 1.59 bits per heavy atom. The predicted molar refractivity (Wildman–Crippen MR) is 264 cm³/mol. The lowest BCUT2D eigenvalue weighted by Crippen LogP contribution is -2.61. The summed E-state index contributed by atoms with van der Waals surface area (Å²) in [6, 6.07) is 5.31. The zero-order valence-corrected chi connectivity index (χ0v) is 40.6. The largest absolute Gasteiger partial charge is 0.508 e. The summed E-state index contributed by atoms with van der Waals surface area (Å²) in [6.45, 7) is 0.189. The molecule has 0 bridgehead atoms. The highest BCUT2D eigenvalue weighted by atomic mass is 16.4. The van der Waals surface area contributed by atoms with E-state index in [1.165, 1.54) is 48.7 Å². The third-order valence-corrected chi connectivity index (χ3v) is 12.2. The lowest BCUT2D eigenvalue weighted by atomic mass is 10.0. The third-order valence-electron chi connectivity index (χ3n) is 12.2. The Balaban J connectivity index is 1.38. The summed E-state index contributed by atoms with van der Waals surface area (Å²) in [6.07, 6.45) is 3.47. The molecule has 2 aliphatic heterocycles. The summed E-state index contributed by atoms with van der Waals surface area (Å²) >= 11 is 0. The number of aromatic hydroxyl groups is 1. The fraction of sp³-hybridized carbons (Fsp3) is 0.479. The summed E-state index contributed by atoms with van der Waals surface area (Å²) in [5.74, 6) is -7.39. The van der Waals surface area contributed by atoms with Crippen molar-refractivity contribution in [2.45, 2.75) is 113 Å². The Labute approximate surface area is 421 Å². The molecule has 0 aliphatic carbocycles. The van der Waals surface area contributed by atoms with Crippen LogP contribution in [0.5, 0.6) is 5.75 Å². The summed E-state index contributed by atoms with van der Waals surface area (Å²) in [4.78, 5) is 136. The number of nitrogens with two attached hydrogens (primary N) is 2. The second-order valence-electron chi connectivity index (χ2n) is 17.8. The first-order chi connectivity index (χ1) is 35.0. The Morgan fingerprint density at radius 1 is 0.849 bits per heavy atom. The number of benzene rings is 2. The Morgan fingerprint density at radius 3 is 2.27 bits per heavy atom. The zero-order chi connectivity index (χ0) is 52.9. The number of likely N-dealkylation sites (tertiary alicyclic amines) is 1. The van der Waals surface area contributed by atoms with Gasteiger partial charge in [-0.15, -0.1) is 0 Å². The molecule has 25 heteroatoms. The smallest absolute Gasteiger partial charge is 0.326 e. The molecule has 394 valence electrons. The van der Waals surface area contributed by atoms with Gasteiger partial charge in [0.05, 0.1) is 19.3 Å². The van der Waals surface area contributed by atoms with Gasteiger partial charge in [-0.2, -0.15) is 0 Å². The maximum atomic E-state index is 14.5. The molecule has 1 aromatic heterocycles. The highest BCUT2D eigenvalue weighted by molar-refractivity contribution is 5.99. The Bertz CT molecular complexity index is 2400. The van der Waals surface area contributed by atoms with Gasteiger partial charge < -0.3 is 74.1 Å². The average molecular weight is 1020 g/mol. The molecule has 0 saturated carbocycles. The number of carbonyl (C=O) groups is 9. The average Bonchev–Trinajstić information content (AvgIpc) is 4.07. The van der Waals surface area contributed by atoms with Crippen LogP contribution in [0.4, 0.5) is 0 Å². The van der Waals surface area contributed by atoms with Gasteiger partial charge in [0.25, 0.3) is 0 Å². The van der Waals surface area contributed by atoms with Crippen LogP contribution in [-0.2, 0) is 62.4 Å². The van der Waals surface area contributed by atoms with Crippen molar-refractivity contribution < 1.29 is 53.4 Å². The van der Waals surface area contributed by atoms with Crippen molar-refractivity contribution in [2.75, 3.05) is 33.2 Å². The fourth-order valence-corrected chi connectivity index (χ4v) is 8.42. The van der Waals surface area contributed by atoms with E-state index in [1.807, 2.05) is 0 Å². The number of amides is 8. The maximum absolute atomic E-state index is 14.5. The highest BCUT2D eigenvalue weighted by Crippen LogP contribution is 2.21. The number of aromatic amines is 1. The summed E-state index contributed by atoms with van der Waals surface area (Å²) in [5.41, 5.74) is 12.5. The predicted octanol–water partition coefficient (Wildman–Crippen LogP) is -2.91. The van der Waals surface area contributed by atoms with E-state index >= 15 is 0 Å². The lowest BCUT2D eigenvalue weighted by Gasteiger charge is -2.31. The number of phenols is 1. The molecule has 7 atom stereocenters. The van der Waals surface area contributed by atoms with E-state index in [0.717, 1.165) is 0 Å². The third kappa shape index (κ3) is 17.9. The number of carbonyl (C=O) groups excluding carboxylic acids is 8. The number of phenolic OH excluding ortho intramolecular Hbond substituents is 1. The molecule has 0 spiro atoms. The second kappa shape index (κ2) is 28.1. The van der Waals surface area contributed by atoms with Crippen molar-refractivity contribution in [2.24, 2.45) is 16.5 Å². The quantitative estimate of drug-likeness (QED) is 0.0289. The molecule has 2 aliphatic rings. The summed E-state index contributed by atoms with van der Waals surface area (Å²) in [5, 5.41) is 41.3. The monoisotopic (exact) mass is 1010 g/mol. The van der Waals surface area contributed by atoms with Crippen molar-refractivity contribution in [3.63, 3.8) is 0 Å². The van der Waals surface area contributed by atoms with Crippen LogP contribution in [0.3, 0.4) is 0 Å². The van der Waals surface area contributed by atoms with Gasteiger partial charge in [-0.3, -0.25) is 43.3 Å². The van der Waals surface area contributed by atoms with E-state index in [-0.39, 0.29) is 89.3 Å². The molecular weight excluding hydrogens is 949 g/mol. The highest BCUT2D eigenvalue weighted by Gasteiger charge is 2.40. The van der Waals surface area contributed by atoms with Gasteiger partial charge in [-0.25, -0.2) is 9.78 Å². The van der Waals surface area contributed by atoms with Crippen LogP contribution in [0.1, 0.15) is 68.2 Å².